The molecule has 0 aromatic heterocycles. The third-order valence-corrected chi connectivity index (χ3v) is 9.03. The first-order valence-electron chi connectivity index (χ1n) is 21.7. The van der Waals surface area contributed by atoms with Crippen molar-refractivity contribution in [2.75, 3.05) is 79.1 Å². The van der Waals surface area contributed by atoms with Crippen LogP contribution in [0.25, 0.3) is 0 Å². The summed E-state index contributed by atoms with van der Waals surface area (Å²) in [6.45, 7) is 8.80. The van der Waals surface area contributed by atoms with E-state index in [2.05, 4.69) is 20.8 Å². The van der Waals surface area contributed by atoms with Crippen LogP contribution < -0.4 is 0 Å². The zero-order valence-corrected chi connectivity index (χ0v) is 35.3. The molecule has 0 aliphatic rings. The van der Waals surface area contributed by atoms with Gasteiger partial charge < -0.3 is 43.4 Å². The number of hydrogen-bond acceptors (Lipinski definition) is 14. The molecule has 0 heterocycles. The van der Waals surface area contributed by atoms with Gasteiger partial charge in [-0.15, -0.1) is 0 Å². The molecule has 0 aliphatic heterocycles. The van der Waals surface area contributed by atoms with Crippen molar-refractivity contribution in [3.63, 3.8) is 0 Å². The SMILES string of the molecule is CCCCCCCCC(=O)OCCCCCCCCC(=O)OCC(COC(=O)CCC(OCCCC)OCCCC)COC(=O)OCCCN(CCO)CCO. The highest BCUT2D eigenvalue weighted by atomic mass is 16.7. The van der Waals surface area contributed by atoms with Crippen LogP contribution in [0.3, 0.4) is 0 Å². The maximum Gasteiger partial charge on any atom is 0.508 e. The highest BCUT2D eigenvalue weighted by Gasteiger charge is 2.20. The topological polar surface area (TPSA) is 177 Å². The van der Waals surface area contributed by atoms with E-state index in [1.807, 2.05) is 4.90 Å². The molecule has 0 aromatic carbocycles. The van der Waals surface area contributed by atoms with Gasteiger partial charge in [-0.25, -0.2) is 4.79 Å². The van der Waals surface area contributed by atoms with E-state index in [4.69, 9.17) is 43.4 Å². The minimum absolute atomic E-state index is 0.0416. The second kappa shape index (κ2) is 40.7. The number of aliphatic hydroxyl groups excluding tert-OH is 2. The lowest BCUT2D eigenvalue weighted by Gasteiger charge is -2.20. The normalized spacial score (nSPS) is 11.8. The Labute approximate surface area is 337 Å². The fraction of sp³-hybridized carbons (Fsp3) is 0.905. The van der Waals surface area contributed by atoms with Crippen molar-refractivity contribution in [3.8, 4) is 0 Å². The largest absolute Gasteiger partial charge is 0.508 e. The number of carbonyl (C=O) groups is 4. The Morgan fingerprint density at radius 1 is 0.464 bits per heavy atom. The van der Waals surface area contributed by atoms with Crippen molar-refractivity contribution in [1.29, 1.82) is 0 Å². The fourth-order valence-electron chi connectivity index (χ4n) is 5.55. The molecule has 56 heavy (non-hydrogen) atoms. The summed E-state index contributed by atoms with van der Waals surface area (Å²) in [5.74, 6) is -1.55. The van der Waals surface area contributed by atoms with Crippen molar-refractivity contribution < 1.29 is 62.5 Å². The monoisotopic (exact) mass is 806 g/mol. The molecule has 0 aromatic rings. The van der Waals surface area contributed by atoms with Crippen LogP contribution in [0.5, 0.6) is 0 Å². The van der Waals surface area contributed by atoms with Gasteiger partial charge in [-0.3, -0.25) is 19.3 Å². The Kier molecular flexibility index (Phi) is 38.8. The lowest BCUT2D eigenvalue weighted by Crippen LogP contribution is -2.31. The molecule has 14 nitrogen and oxygen atoms in total. The Balaban J connectivity index is 4.63. The van der Waals surface area contributed by atoms with E-state index in [9.17, 15) is 19.2 Å². The Morgan fingerprint density at radius 3 is 1.48 bits per heavy atom. The maximum atomic E-state index is 12.7. The Morgan fingerprint density at radius 2 is 0.929 bits per heavy atom. The van der Waals surface area contributed by atoms with Crippen LogP contribution in [-0.2, 0) is 47.5 Å². The standard InChI is InChI=1S/C42H79NO13/c1-4-7-10-11-14-17-21-38(46)50-32-19-16-13-12-15-18-22-39(47)54-34-37(36-56-42(49)53-33-20-25-43(26-28-44)27-29-45)35-55-40(48)23-24-41(51-30-8-5-2)52-31-9-6-3/h37,41,44-45H,4-36H2,1-3H3. The summed E-state index contributed by atoms with van der Waals surface area (Å²) in [4.78, 5) is 51.3. The van der Waals surface area contributed by atoms with Crippen molar-refractivity contribution in [3.05, 3.63) is 0 Å². The van der Waals surface area contributed by atoms with Crippen LogP contribution in [0.4, 0.5) is 4.79 Å². The van der Waals surface area contributed by atoms with Crippen LogP contribution in [-0.4, -0.2) is 125 Å². The van der Waals surface area contributed by atoms with Gasteiger partial charge in [0.25, 0.3) is 0 Å². The predicted octanol–water partition coefficient (Wildman–Crippen LogP) is 7.28. The number of rotatable bonds is 41. The van der Waals surface area contributed by atoms with E-state index < -0.39 is 24.3 Å². The van der Waals surface area contributed by atoms with E-state index in [0.717, 1.165) is 70.6 Å². The average Bonchev–Trinajstić information content (AvgIpc) is 3.18. The molecule has 0 bridgehead atoms. The van der Waals surface area contributed by atoms with Crippen LogP contribution in [0.2, 0.25) is 0 Å². The summed E-state index contributed by atoms with van der Waals surface area (Å²) in [7, 11) is 0. The summed E-state index contributed by atoms with van der Waals surface area (Å²) >= 11 is 0. The minimum atomic E-state index is -0.897. The van der Waals surface area contributed by atoms with Gasteiger partial charge in [0.05, 0.1) is 38.8 Å². The number of aliphatic hydroxyl groups is 2. The summed E-state index contributed by atoms with van der Waals surface area (Å²) in [6.07, 6.45) is 16.1. The van der Waals surface area contributed by atoms with E-state index in [0.29, 0.717) is 65.1 Å². The lowest BCUT2D eigenvalue weighted by atomic mass is 10.1. The first kappa shape index (κ1) is 53.5. The van der Waals surface area contributed by atoms with Crippen LogP contribution in [0.15, 0.2) is 0 Å². The van der Waals surface area contributed by atoms with Gasteiger partial charge in [-0.2, -0.15) is 0 Å². The van der Waals surface area contributed by atoms with E-state index >= 15 is 0 Å². The summed E-state index contributed by atoms with van der Waals surface area (Å²) < 4.78 is 38.4. The van der Waals surface area contributed by atoms with E-state index in [-0.39, 0.29) is 64.4 Å². The molecule has 14 heteroatoms. The summed E-state index contributed by atoms with van der Waals surface area (Å²) in [5.41, 5.74) is 0. The van der Waals surface area contributed by atoms with Crippen molar-refractivity contribution >= 4 is 24.1 Å². The Hall–Kier alpha value is -2.52. The van der Waals surface area contributed by atoms with Crippen LogP contribution in [0, 0.1) is 5.92 Å². The Bertz CT molecular complexity index is 922. The third-order valence-electron chi connectivity index (χ3n) is 9.03. The molecule has 1 unspecified atom stereocenters. The smallest absolute Gasteiger partial charge is 0.466 e. The molecule has 2 N–H and O–H groups in total. The molecule has 0 fully saturated rings. The first-order chi connectivity index (χ1) is 27.3. The first-order valence-corrected chi connectivity index (χ1v) is 21.7. The van der Waals surface area contributed by atoms with Gasteiger partial charge in [-0.1, -0.05) is 91.4 Å². The van der Waals surface area contributed by atoms with E-state index in [1.165, 1.54) is 25.7 Å². The maximum absolute atomic E-state index is 12.7. The second-order valence-electron chi connectivity index (χ2n) is 14.3. The highest BCUT2D eigenvalue weighted by Crippen LogP contribution is 2.13. The summed E-state index contributed by atoms with van der Waals surface area (Å²) in [5, 5.41) is 18.3. The van der Waals surface area contributed by atoms with Gasteiger partial charge in [-0.05, 0) is 38.5 Å². The number of hydrogen-bond donors (Lipinski definition) is 2. The number of carbonyl (C=O) groups excluding carboxylic acids is 4. The lowest BCUT2D eigenvalue weighted by molar-refractivity contribution is -0.161. The molecule has 0 aliphatic carbocycles. The molecule has 0 saturated heterocycles. The molecule has 0 rings (SSSR count). The highest BCUT2D eigenvalue weighted by molar-refractivity contribution is 5.70. The molecular weight excluding hydrogens is 726 g/mol. The molecule has 0 saturated carbocycles. The zero-order valence-electron chi connectivity index (χ0n) is 35.3. The van der Waals surface area contributed by atoms with Gasteiger partial charge in [0.1, 0.15) is 19.8 Å². The predicted molar refractivity (Wildman–Crippen MR) is 214 cm³/mol. The van der Waals surface area contributed by atoms with Gasteiger partial charge in [0, 0.05) is 52.1 Å². The average molecular weight is 806 g/mol. The van der Waals surface area contributed by atoms with E-state index in [1.54, 1.807) is 0 Å². The minimum Gasteiger partial charge on any atom is -0.466 e. The van der Waals surface area contributed by atoms with Gasteiger partial charge in [0.2, 0.25) is 0 Å². The number of unbranched alkanes of at least 4 members (excludes halogenated alkanes) is 12. The van der Waals surface area contributed by atoms with Crippen molar-refractivity contribution in [1.82, 2.24) is 4.90 Å². The zero-order chi connectivity index (χ0) is 41.3. The molecule has 0 spiro atoms. The van der Waals surface area contributed by atoms with Crippen LogP contribution >= 0.6 is 0 Å². The molecule has 1 atom stereocenters. The van der Waals surface area contributed by atoms with Gasteiger partial charge in [0.15, 0.2) is 6.29 Å². The summed E-state index contributed by atoms with van der Waals surface area (Å²) in [6, 6.07) is 0. The van der Waals surface area contributed by atoms with Gasteiger partial charge >= 0.3 is 24.1 Å². The van der Waals surface area contributed by atoms with Crippen molar-refractivity contribution in [2.45, 2.75) is 162 Å². The molecule has 330 valence electrons. The molecule has 0 radical (unpaired) electrons. The molecule has 0 amide bonds. The van der Waals surface area contributed by atoms with Crippen LogP contribution in [0.1, 0.15) is 156 Å². The number of esters is 3. The second-order valence-corrected chi connectivity index (χ2v) is 14.3. The third kappa shape index (κ3) is 35.9. The quantitative estimate of drug-likeness (QED) is 0.0273. The number of nitrogens with zero attached hydrogens (tertiary/aromatic N) is 1. The van der Waals surface area contributed by atoms with Crippen molar-refractivity contribution in [2.24, 2.45) is 5.92 Å². The molecular formula is C42H79NO13. The fourth-order valence-corrected chi connectivity index (χ4v) is 5.55. The number of ether oxygens (including phenoxy) is 7.